The molecule has 1 rings (SSSR count). The van der Waals surface area contributed by atoms with Crippen LogP contribution in [0.1, 0.15) is 0 Å². The summed E-state index contributed by atoms with van der Waals surface area (Å²) in [6, 6.07) is 0. The maximum Gasteiger partial charge on any atom is 0.231 e. The van der Waals surface area contributed by atoms with Crippen molar-refractivity contribution < 1.29 is 8.42 Å². The molecule has 0 aromatic carbocycles. The van der Waals surface area contributed by atoms with Crippen molar-refractivity contribution >= 4 is 33.3 Å². The first-order chi connectivity index (χ1) is 7.81. The quantitative estimate of drug-likeness (QED) is 0.814. The fourth-order valence-electron chi connectivity index (χ4n) is 1.02. The first kappa shape index (κ1) is 13.9. The van der Waals surface area contributed by atoms with Crippen LogP contribution in [0.5, 0.6) is 0 Å². The van der Waals surface area contributed by atoms with E-state index in [0.29, 0.717) is 18.4 Å². The molecule has 0 bridgehead atoms. The first-order valence-electron chi connectivity index (χ1n) is 4.80. The molecule has 0 aliphatic rings. The van der Waals surface area contributed by atoms with E-state index >= 15 is 0 Å². The molecule has 0 fully saturated rings. The van der Waals surface area contributed by atoms with Gasteiger partial charge in [0, 0.05) is 26.9 Å². The minimum absolute atomic E-state index is 0.0295. The number of aromatic nitrogens is 3. The monoisotopic (exact) mass is 279 g/mol. The normalized spacial score (nSPS) is 11.3. The van der Waals surface area contributed by atoms with Gasteiger partial charge in [0.05, 0.1) is 5.75 Å². The SMILES string of the molecule is CNc1nc(Cl)nc(N(C)CCS(C)(=O)=O)n1. The van der Waals surface area contributed by atoms with Gasteiger partial charge in [-0.3, -0.25) is 0 Å². The van der Waals surface area contributed by atoms with Crippen molar-refractivity contribution in [2.45, 2.75) is 0 Å². The first-order valence-corrected chi connectivity index (χ1v) is 7.24. The fourth-order valence-corrected chi connectivity index (χ4v) is 1.79. The molecule has 9 heteroatoms. The lowest BCUT2D eigenvalue weighted by Gasteiger charge is -2.16. The maximum absolute atomic E-state index is 11.0. The second-order valence-electron chi connectivity index (χ2n) is 3.53. The van der Waals surface area contributed by atoms with E-state index in [-0.39, 0.29) is 11.0 Å². The third kappa shape index (κ3) is 4.70. The summed E-state index contributed by atoms with van der Waals surface area (Å²) in [7, 11) is 0.335. The van der Waals surface area contributed by atoms with Crippen LogP contribution in [0.15, 0.2) is 0 Å². The molecule has 96 valence electrons. The van der Waals surface area contributed by atoms with Crippen molar-refractivity contribution in [3.8, 4) is 0 Å². The van der Waals surface area contributed by atoms with E-state index in [1.54, 1.807) is 19.0 Å². The van der Waals surface area contributed by atoms with Crippen LogP contribution in [0.2, 0.25) is 5.28 Å². The second-order valence-corrected chi connectivity index (χ2v) is 6.13. The van der Waals surface area contributed by atoms with E-state index in [0.717, 1.165) is 0 Å². The third-order valence-corrected chi connectivity index (χ3v) is 3.05. The number of anilines is 2. The zero-order valence-corrected chi connectivity index (χ0v) is 11.4. The smallest absolute Gasteiger partial charge is 0.231 e. The Labute approximate surface area is 105 Å². The van der Waals surface area contributed by atoms with Gasteiger partial charge in [-0.15, -0.1) is 0 Å². The highest BCUT2D eigenvalue weighted by atomic mass is 35.5. The lowest BCUT2D eigenvalue weighted by Crippen LogP contribution is -2.27. The van der Waals surface area contributed by atoms with Gasteiger partial charge in [-0.05, 0) is 11.6 Å². The molecule has 17 heavy (non-hydrogen) atoms. The van der Waals surface area contributed by atoms with Gasteiger partial charge in [0.2, 0.25) is 17.2 Å². The van der Waals surface area contributed by atoms with Gasteiger partial charge in [0.1, 0.15) is 9.84 Å². The third-order valence-electron chi connectivity index (χ3n) is 1.96. The Morgan fingerprint density at radius 1 is 1.35 bits per heavy atom. The molecular weight excluding hydrogens is 266 g/mol. The van der Waals surface area contributed by atoms with E-state index in [1.165, 1.54) is 6.26 Å². The van der Waals surface area contributed by atoms with Crippen molar-refractivity contribution in [2.75, 3.05) is 42.9 Å². The van der Waals surface area contributed by atoms with Gasteiger partial charge < -0.3 is 10.2 Å². The van der Waals surface area contributed by atoms with Crippen LogP contribution < -0.4 is 10.2 Å². The van der Waals surface area contributed by atoms with Gasteiger partial charge in [-0.1, -0.05) is 0 Å². The van der Waals surface area contributed by atoms with E-state index in [1.807, 2.05) is 0 Å². The van der Waals surface area contributed by atoms with Crippen molar-refractivity contribution in [1.29, 1.82) is 0 Å². The number of hydrogen-bond donors (Lipinski definition) is 1. The van der Waals surface area contributed by atoms with Gasteiger partial charge in [-0.2, -0.15) is 15.0 Å². The molecule has 0 amide bonds. The highest BCUT2D eigenvalue weighted by molar-refractivity contribution is 7.90. The molecule has 1 heterocycles. The minimum atomic E-state index is -3.01. The van der Waals surface area contributed by atoms with Crippen LogP contribution in [-0.2, 0) is 9.84 Å². The van der Waals surface area contributed by atoms with Crippen LogP contribution in [-0.4, -0.2) is 56.0 Å². The highest BCUT2D eigenvalue weighted by Gasteiger charge is 2.11. The Bertz CT molecular complexity index is 493. The van der Waals surface area contributed by atoms with Crippen LogP contribution in [0.4, 0.5) is 11.9 Å². The van der Waals surface area contributed by atoms with E-state index in [9.17, 15) is 8.42 Å². The molecule has 1 aromatic heterocycles. The molecular formula is C8H14ClN5O2S. The summed E-state index contributed by atoms with van der Waals surface area (Å²) in [6.45, 7) is 0.294. The summed E-state index contributed by atoms with van der Waals surface area (Å²) >= 11 is 5.72. The molecule has 0 atom stereocenters. The van der Waals surface area contributed by atoms with E-state index in [2.05, 4.69) is 20.3 Å². The number of sulfone groups is 1. The number of hydrogen-bond acceptors (Lipinski definition) is 7. The molecule has 7 nitrogen and oxygen atoms in total. The van der Waals surface area contributed by atoms with Crippen LogP contribution in [0.3, 0.4) is 0 Å². The van der Waals surface area contributed by atoms with Crippen LogP contribution in [0, 0.1) is 0 Å². The van der Waals surface area contributed by atoms with Crippen LogP contribution >= 0.6 is 11.6 Å². The largest absolute Gasteiger partial charge is 0.357 e. The summed E-state index contributed by atoms with van der Waals surface area (Å²) in [6.07, 6.45) is 1.18. The summed E-state index contributed by atoms with van der Waals surface area (Å²) in [5.41, 5.74) is 0. The molecule has 0 unspecified atom stereocenters. The molecule has 1 aromatic rings. The lowest BCUT2D eigenvalue weighted by molar-refractivity contribution is 0.601. The molecule has 0 aliphatic carbocycles. The Balaban J connectivity index is 2.81. The molecule has 0 saturated heterocycles. The zero-order valence-electron chi connectivity index (χ0n) is 9.81. The topological polar surface area (TPSA) is 88.1 Å². The zero-order chi connectivity index (χ0) is 13.1. The Morgan fingerprint density at radius 2 is 2.00 bits per heavy atom. The highest BCUT2D eigenvalue weighted by Crippen LogP contribution is 2.11. The number of rotatable bonds is 5. The van der Waals surface area contributed by atoms with Crippen molar-refractivity contribution in [3.05, 3.63) is 5.28 Å². The summed E-state index contributed by atoms with van der Waals surface area (Å²) in [5.74, 6) is 0.700. The Kier molecular flexibility index (Phi) is 4.47. The average Bonchev–Trinajstić information content (AvgIpc) is 2.23. The lowest BCUT2D eigenvalue weighted by atomic mass is 10.6. The van der Waals surface area contributed by atoms with Gasteiger partial charge in [-0.25, -0.2) is 8.42 Å². The van der Waals surface area contributed by atoms with Gasteiger partial charge in [0.15, 0.2) is 0 Å². The predicted molar refractivity (Wildman–Crippen MR) is 67.4 cm³/mol. The molecule has 0 aliphatic heterocycles. The average molecular weight is 280 g/mol. The Hall–Kier alpha value is -1.15. The van der Waals surface area contributed by atoms with Crippen molar-refractivity contribution in [1.82, 2.24) is 15.0 Å². The maximum atomic E-state index is 11.0. The van der Waals surface area contributed by atoms with Gasteiger partial charge in [0.25, 0.3) is 0 Å². The number of nitrogens with zero attached hydrogens (tertiary/aromatic N) is 4. The Morgan fingerprint density at radius 3 is 2.53 bits per heavy atom. The van der Waals surface area contributed by atoms with E-state index < -0.39 is 9.84 Å². The predicted octanol–water partition coefficient (Wildman–Crippen LogP) is 0.0475. The molecule has 1 N–H and O–H groups in total. The number of halogens is 1. The number of nitrogens with one attached hydrogen (secondary N) is 1. The van der Waals surface area contributed by atoms with E-state index in [4.69, 9.17) is 11.6 Å². The molecule has 0 radical (unpaired) electrons. The summed E-state index contributed by atoms with van der Waals surface area (Å²) in [5, 5.41) is 2.80. The molecule has 0 saturated carbocycles. The summed E-state index contributed by atoms with van der Waals surface area (Å²) in [4.78, 5) is 13.4. The standard InChI is InChI=1S/C8H14ClN5O2S/c1-10-7-11-6(9)12-8(13-7)14(2)4-5-17(3,15)16/h4-5H2,1-3H3,(H,10,11,12,13). The minimum Gasteiger partial charge on any atom is -0.357 e. The summed E-state index contributed by atoms with van der Waals surface area (Å²) < 4.78 is 22.1. The van der Waals surface area contributed by atoms with Crippen LogP contribution in [0.25, 0.3) is 0 Å². The molecule has 0 spiro atoms. The van der Waals surface area contributed by atoms with Crippen molar-refractivity contribution in [3.63, 3.8) is 0 Å². The van der Waals surface area contributed by atoms with Crippen molar-refractivity contribution in [2.24, 2.45) is 0 Å². The van der Waals surface area contributed by atoms with Gasteiger partial charge >= 0.3 is 0 Å². The fraction of sp³-hybridized carbons (Fsp3) is 0.625. The second kappa shape index (κ2) is 5.46.